The van der Waals surface area contributed by atoms with E-state index in [-0.39, 0.29) is 35.2 Å². The van der Waals surface area contributed by atoms with E-state index < -0.39 is 0 Å². The fourth-order valence-electron chi connectivity index (χ4n) is 5.13. The molecule has 1 aliphatic carbocycles. The molecular formula is C25H35N3O4S. The summed E-state index contributed by atoms with van der Waals surface area (Å²) >= 11 is 1.65. The molecule has 180 valence electrons. The molecule has 0 saturated carbocycles. The van der Waals surface area contributed by atoms with Gasteiger partial charge in [0.25, 0.3) is 5.56 Å². The monoisotopic (exact) mass is 473 g/mol. The number of piperidine rings is 1. The van der Waals surface area contributed by atoms with Crippen LogP contribution >= 0.6 is 11.3 Å². The standard InChI is InChI=1S/C25H35N3O4S/c1-5-32-24(31)16-7-6-11-27(14-16)20(29)10-12-28-15-26-22-21(23(28)30)18-9-8-17(25(2,3)4)13-19(18)33-22/h15-17H,5-14H2,1-4H3. The molecule has 1 aliphatic heterocycles. The zero-order valence-electron chi connectivity index (χ0n) is 20.2. The molecule has 1 fully saturated rings. The van der Waals surface area contributed by atoms with E-state index in [4.69, 9.17) is 4.74 Å². The predicted molar refractivity (Wildman–Crippen MR) is 129 cm³/mol. The highest BCUT2D eigenvalue weighted by Crippen LogP contribution is 2.41. The van der Waals surface area contributed by atoms with Crippen molar-refractivity contribution < 1.29 is 14.3 Å². The van der Waals surface area contributed by atoms with Gasteiger partial charge in [-0.15, -0.1) is 11.3 Å². The van der Waals surface area contributed by atoms with E-state index in [1.165, 1.54) is 10.4 Å². The van der Waals surface area contributed by atoms with Gasteiger partial charge in [-0.2, -0.15) is 0 Å². The Labute approximate surface area is 199 Å². The topological polar surface area (TPSA) is 81.5 Å². The van der Waals surface area contributed by atoms with Gasteiger partial charge in [-0.05, 0) is 55.9 Å². The molecule has 0 spiro atoms. The van der Waals surface area contributed by atoms with Crippen molar-refractivity contribution in [1.82, 2.24) is 14.5 Å². The molecule has 7 nitrogen and oxygen atoms in total. The molecule has 2 aromatic heterocycles. The number of fused-ring (bicyclic) bond motifs is 3. The lowest BCUT2D eigenvalue weighted by Gasteiger charge is -2.33. The zero-order valence-corrected chi connectivity index (χ0v) is 21.0. The smallest absolute Gasteiger partial charge is 0.310 e. The van der Waals surface area contributed by atoms with Crippen LogP contribution in [-0.2, 0) is 33.7 Å². The molecule has 8 heteroatoms. The Hall–Kier alpha value is -2.22. The maximum Gasteiger partial charge on any atom is 0.310 e. The summed E-state index contributed by atoms with van der Waals surface area (Å²) < 4.78 is 6.71. The highest BCUT2D eigenvalue weighted by atomic mass is 32.1. The molecule has 2 atom stereocenters. The maximum absolute atomic E-state index is 13.3. The number of nitrogens with zero attached hydrogens (tertiary/aromatic N) is 3. The highest BCUT2D eigenvalue weighted by molar-refractivity contribution is 7.18. The average molecular weight is 474 g/mol. The number of hydrogen-bond acceptors (Lipinski definition) is 6. The third-order valence-electron chi connectivity index (χ3n) is 7.22. The number of ether oxygens (including phenoxy) is 1. The number of carbonyl (C=O) groups excluding carboxylic acids is 2. The van der Waals surface area contributed by atoms with Crippen molar-refractivity contribution in [3.05, 3.63) is 27.1 Å². The van der Waals surface area contributed by atoms with E-state index in [2.05, 4.69) is 25.8 Å². The molecule has 2 unspecified atom stereocenters. The third kappa shape index (κ3) is 5.00. The molecule has 2 aromatic rings. The molecule has 2 aliphatic rings. The lowest BCUT2D eigenvalue weighted by molar-refractivity contribution is -0.151. The Balaban J connectivity index is 1.45. The van der Waals surface area contributed by atoms with Gasteiger partial charge in [-0.25, -0.2) is 4.98 Å². The summed E-state index contributed by atoms with van der Waals surface area (Å²) in [5.41, 5.74) is 1.38. The van der Waals surface area contributed by atoms with Crippen LogP contribution in [0.3, 0.4) is 0 Å². The molecule has 4 rings (SSSR count). The summed E-state index contributed by atoms with van der Waals surface area (Å²) in [6.45, 7) is 10.4. The van der Waals surface area contributed by atoms with Crippen molar-refractivity contribution in [2.75, 3.05) is 19.7 Å². The summed E-state index contributed by atoms with van der Waals surface area (Å²) in [6, 6.07) is 0. The lowest BCUT2D eigenvalue weighted by Crippen LogP contribution is -2.43. The number of aryl methyl sites for hydroxylation is 2. The van der Waals surface area contributed by atoms with Crippen molar-refractivity contribution in [3.63, 3.8) is 0 Å². The summed E-state index contributed by atoms with van der Waals surface area (Å²) in [5, 5.41) is 0.748. The SMILES string of the molecule is CCOC(=O)C1CCCN(C(=O)CCn2cnc3sc4c(c3c2=O)CCC(C(C)(C)C)C4)C1. The van der Waals surface area contributed by atoms with Gasteiger partial charge in [-0.1, -0.05) is 20.8 Å². The van der Waals surface area contributed by atoms with Crippen LogP contribution in [0.25, 0.3) is 10.2 Å². The number of carbonyl (C=O) groups is 2. The van der Waals surface area contributed by atoms with Crippen LogP contribution in [0.5, 0.6) is 0 Å². The van der Waals surface area contributed by atoms with Gasteiger partial charge in [0, 0.05) is 30.9 Å². The van der Waals surface area contributed by atoms with E-state index in [0.717, 1.165) is 42.3 Å². The first-order valence-electron chi connectivity index (χ1n) is 12.1. The Morgan fingerprint density at radius 2 is 2.06 bits per heavy atom. The number of amides is 1. The molecule has 0 radical (unpaired) electrons. The normalized spacial score (nSPS) is 21.2. The lowest BCUT2D eigenvalue weighted by atomic mass is 9.72. The maximum atomic E-state index is 13.3. The van der Waals surface area contributed by atoms with Crippen molar-refractivity contribution in [3.8, 4) is 0 Å². The molecular weight excluding hydrogens is 438 g/mol. The molecule has 0 N–H and O–H groups in total. The van der Waals surface area contributed by atoms with Gasteiger partial charge in [0.15, 0.2) is 0 Å². The first kappa shape index (κ1) is 23.9. The highest BCUT2D eigenvalue weighted by Gasteiger charge is 2.32. The first-order chi connectivity index (χ1) is 15.7. The second kappa shape index (κ2) is 9.57. The van der Waals surface area contributed by atoms with E-state index in [0.29, 0.717) is 32.2 Å². The van der Waals surface area contributed by atoms with Crippen molar-refractivity contribution in [2.24, 2.45) is 17.3 Å². The van der Waals surface area contributed by atoms with Crippen LogP contribution in [0.2, 0.25) is 0 Å². The van der Waals surface area contributed by atoms with Crippen molar-refractivity contribution in [2.45, 2.75) is 72.8 Å². The molecule has 1 saturated heterocycles. The van der Waals surface area contributed by atoms with E-state index in [1.54, 1.807) is 34.1 Å². The third-order valence-corrected chi connectivity index (χ3v) is 8.38. The fraction of sp³-hybridized carbons (Fsp3) is 0.680. The van der Waals surface area contributed by atoms with Crippen molar-refractivity contribution in [1.29, 1.82) is 0 Å². The minimum atomic E-state index is -0.252. The molecule has 1 amide bonds. The summed E-state index contributed by atoms with van der Waals surface area (Å²) in [4.78, 5) is 46.6. The molecule has 0 aromatic carbocycles. The summed E-state index contributed by atoms with van der Waals surface area (Å²) in [6.07, 6.45) is 6.36. The van der Waals surface area contributed by atoms with Gasteiger partial charge in [0.2, 0.25) is 5.91 Å². The minimum Gasteiger partial charge on any atom is -0.466 e. The largest absolute Gasteiger partial charge is 0.466 e. The van der Waals surface area contributed by atoms with Crippen LogP contribution in [0.15, 0.2) is 11.1 Å². The second-order valence-electron chi connectivity index (χ2n) is 10.4. The van der Waals surface area contributed by atoms with Crippen LogP contribution in [0.4, 0.5) is 0 Å². The van der Waals surface area contributed by atoms with Gasteiger partial charge in [0.05, 0.1) is 24.2 Å². The van der Waals surface area contributed by atoms with Crippen LogP contribution in [0.1, 0.15) is 63.8 Å². The number of aromatic nitrogens is 2. The summed E-state index contributed by atoms with van der Waals surface area (Å²) in [7, 11) is 0. The molecule has 33 heavy (non-hydrogen) atoms. The molecule has 0 bridgehead atoms. The first-order valence-corrected chi connectivity index (χ1v) is 12.9. The number of thiophene rings is 1. The van der Waals surface area contributed by atoms with E-state index >= 15 is 0 Å². The van der Waals surface area contributed by atoms with Gasteiger partial charge < -0.3 is 9.64 Å². The average Bonchev–Trinajstić information content (AvgIpc) is 3.16. The predicted octanol–water partition coefficient (Wildman–Crippen LogP) is 3.80. The number of rotatable bonds is 5. The fourth-order valence-corrected chi connectivity index (χ4v) is 6.39. The zero-order chi connectivity index (χ0) is 23.8. The van der Waals surface area contributed by atoms with Crippen LogP contribution in [0, 0.1) is 17.3 Å². The second-order valence-corrected chi connectivity index (χ2v) is 11.5. The van der Waals surface area contributed by atoms with Crippen LogP contribution in [-0.4, -0.2) is 46.0 Å². The number of esters is 1. The number of hydrogen-bond donors (Lipinski definition) is 0. The summed E-state index contributed by atoms with van der Waals surface area (Å²) in [5.74, 6) is 0.103. The Kier molecular flexibility index (Phi) is 6.93. The Morgan fingerprint density at radius 3 is 2.79 bits per heavy atom. The van der Waals surface area contributed by atoms with Crippen molar-refractivity contribution >= 4 is 33.4 Å². The van der Waals surface area contributed by atoms with Gasteiger partial charge in [0.1, 0.15) is 4.83 Å². The Bertz CT molecular complexity index is 1100. The van der Waals surface area contributed by atoms with E-state index in [1.807, 2.05) is 0 Å². The van der Waals surface area contributed by atoms with Gasteiger partial charge >= 0.3 is 5.97 Å². The van der Waals surface area contributed by atoms with E-state index in [9.17, 15) is 14.4 Å². The minimum absolute atomic E-state index is 0.0311. The number of likely N-dealkylation sites (tertiary alicyclic amines) is 1. The van der Waals surface area contributed by atoms with Crippen LogP contribution < -0.4 is 5.56 Å². The molecule has 3 heterocycles. The van der Waals surface area contributed by atoms with Gasteiger partial charge in [-0.3, -0.25) is 19.0 Å². The quantitative estimate of drug-likeness (QED) is 0.617. The Morgan fingerprint density at radius 1 is 1.27 bits per heavy atom.